The summed E-state index contributed by atoms with van der Waals surface area (Å²) in [5, 5.41) is 9.89. The number of carbonyl (C=O) groups is 1. The number of aromatic nitrogens is 2. The van der Waals surface area contributed by atoms with Crippen LogP contribution < -0.4 is 19.5 Å². The topological polar surface area (TPSA) is 85.5 Å². The summed E-state index contributed by atoms with van der Waals surface area (Å²) in [4.78, 5) is 12.3. The fourth-order valence-electron chi connectivity index (χ4n) is 2.83. The number of para-hydroxylation sites is 1. The lowest BCUT2D eigenvalue weighted by molar-refractivity contribution is -0.122. The second kappa shape index (κ2) is 9.64. The van der Waals surface area contributed by atoms with Crippen molar-refractivity contribution in [3.63, 3.8) is 0 Å². The zero-order valence-electron chi connectivity index (χ0n) is 16.8. The van der Waals surface area contributed by atoms with E-state index in [-0.39, 0.29) is 5.91 Å². The molecule has 2 N–H and O–H groups in total. The number of aromatic amines is 1. The van der Waals surface area contributed by atoms with Crippen LogP contribution in [0.25, 0.3) is 0 Å². The van der Waals surface area contributed by atoms with E-state index in [9.17, 15) is 4.79 Å². The van der Waals surface area contributed by atoms with E-state index < -0.39 is 6.10 Å². The first kappa shape index (κ1) is 20.3. The number of amides is 1. The molecule has 0 bridgehead atoms. The number of H-pyrrole nitrogens is 1. The molecule has 2 aromatic carbocycles. The van der Waals surface area contributed by atoms with Crippen molar-refractivity contribution in [1.82, 2.24) is 10.2 Å². The van der Waals surface area contributed by atoms with Crippen molar-refractivity contribution in [2.75, 3.05) is 19.5 Å². The van der Waals surface area contributed by atoms with Crippen LogP contribution in [-0.2, 0) is 17.6 Å². The number of methoxy groups -OCH3 is 2. The first-order valence-electron chi connectivity index (χ1n) is 9.36. The van der Waals surface area contributed by atoms with Gasteiger partial charge in [-0.15, -0.1) is 0 Å². The van der Waals surface area contributed by atoms with Gasteiger partial charge in [-0.3, -0.25) is 9.89 Å². The molecule has 0 spiro atoms. The SMILES string of the molecule is COc1cc(CCc2cc(NC(=O)C(C)Oc3ccccc3)n[nH]2)cc(OC)c1. The van der Waals surface area contributed by atoms with Gasteiger partial charge in [0.15, 0.2) is 11.9 Å². The summed E-state index contributed by atoms with van der Waals surface area (Å²) in [6, 6.07) is 16.8. The van der Waals surface area contributed by atoms with Crippen LogP contribution in [0.5, 0.6) is 17.2 Å². The van der Waals surface area contributed by atoms with Crippen LogP contribution in [-0.4, -0.2) is 36.4 Å². The van der Waals surface area contributed by atoms with Gasteiger partial charge in [0.1, 0.15) is 17.2 Å². The monoisotopic (exact) mass is 395 g/mol. The van der Waals surface area contributed by atoms with Crippen molar-refractivity contribution in [2.45, 2.75) is 25.9 Å². The molecule has 1 heterocycles. The molecule has 0 radical (unpaired) electrons. The minimum absolute atomic E-state index is 0.260. The van der Waals surface area contributed by atoms with Gasteiger partial charge in [-0.05, 0) is 49.6 Å². The van der Waals surface area contributed by atoms with E-state index in [0.29, 0.717) is 11.6 Å². The number of ether oxygens (including phenoxy) is 3. The first-order chi connectivity index (χ1) is 14.1. The molecule has 1 atom stereocenters. The van der Waals surface area contributed by atoms with Crippen molar-refractivity contribution in [3.05, 3.63) is 65.9 Å². The van der Waals surface area contributed by atoms with E-state index in [1.54, 1.807) is 21.1 Å². The molecule has 0 aliphatic carbocycles. The zero-order valence-corrected chi connectivity index (χ0v) is 16.8. The number of hydrogen-bond donors (Lipinski definition) is 2. The highest BCUT2D eigenvalue weighted by molar-refractivity contribution is 5.93. The molecule has 0 saturated carbocycles. The minimum atomic E-state index is -0.637. The van der Waals surface area contributed by atoms with E-state index in [0.717, 1.165) is 35.6 Å². The van der Waals surface area contributed by atoms with E-state index in [1.165, 1.54) is 0 Å². The minimum Gasteiger partial charge on any atom is -0.497 e. The molecule has 152 valence electrons. The van der Waals surface area contributed by atoms with Crippen molar-refractivity contribution < 1.29 is 19.0 Å². The lowest BCUT2D eigenvalue weighted by atomic mass is 10.1. The van der Waals surface area contributed by atoms with Crippen molar-refractivity contribution >= 4 is 11.7 Å². The number of aryl methyl sites for hydroxylation is 2. The Morgan fingerprint density at radius 1 is 1.00 bits per heavy atom. The summed E-state index contributed by atoms with van der Waals surface area (Å²) in [5.74, 6) is 2.36. The quantitative estimate of drug-likeness (QED) is 0.578. The predicted octanol–water partition coefficient (Wildman–Crippen LogP) is 3.62. The standard InChI is InChI=1S/C22H25N3O4/c1-15(29-18-7-5-4-6-8-18)22(26)23-21-13-17(24-25-21)10-9-16-11-19(27-2)14-20(12-16)28-3/h4-8,11-15H,9-10H2,1-3H3,(H2,23,24,25,26). The molecule has 29 heavy (non-hydrogen) atoms. The average Bonchev–Trinajstić information content (AvgIpc) is 3.19. The summed E-state index contributed by atoms with van der Waals surface area (Å²) in [6.07, 6.45) is 0.869. The molecule has 1 aromatic heterocycles. The number of nitrogens with one attached hydrogen (secondary N) is 2. The third-order valence-electron chi connectivity index (χ3n) is 4.40. The van der Waals surface area contributed by atoms with Crippen LogP contribution in [0.4, 0.5) is 5.82 Å². The van der Waals surface area contributed by atoms with E-state index in [1.807, 2.05) is 54.6 Å². The Hall–Kier alpha value is -3.48. The molecular formula is C22H25N3O4. The summed E-state index contributed by atoms with van der Waals surface area (Å²) < 4.78 is 16.2. The Kier molecular flexibility index (Phi) is 6.73. The molecule has 1 unspecified atom stereocenters. The third-order valence-corrected chi connectivity index (χ3v) is 4.40. The first-order valence-corrected chi connectivity index (χ1v) is 9.36. The molecule has 7 nitrogen and oxygen atoms in total. The number of benzene rings is 2. The highest BCUT2D eigenvalue weighted by Crippen LogP contribution is 2.23. The highest BCUT2D eigenvalue weighted by Gasteiger charge is 2.16. The van der Waals surface area contributed by atoms with Crippen LogP contribution >= 0.6 is 0 Å². The van der Waals surface area contributed by atoms with Crippen molar-refractivity contribution in [3.8, 4) is 17.2 Å². The molecule has 3 rings (SSSR count). The fourth-order valence-corrected chi connectivity index (χ4v) is 2.83. The Balaban J connectivity index is 1.54. The molecule has 1 amide bonds. The maximum atomic E-state index is 12.3. The lowest BCUT2D eigenvalue weighted by Crippen LogP contribution is -2.30. The smallest absolute Gasteiger partial charge is 0.266 e. The highest BCUT2D eigenvalue weighted by atomic mass is 16.5. The van der Waals surface area contributed by atoms with E-state index >= 15 is 0 Å². The van der Waals surface area contributed by atoms with E-state index in [2.05, 4.69) is 15.5 Å². The summed E-state index contributed by atoms with van der Waals surface area (Å²) >= 11 is 0. The van der Waals surface area contributed by atoms with Gasteiger partial charge < -0.3 is 19.5 Å². The van der Waals surface area contributed by atoms with Gasteiger partial charge in [0.05, 0.1) is 14.2 Å². The Morgan fingerprint density at radius 3 is 2.34 bits per heavy atom. The van der Waals surface area contributed by atoms with E-state index in [4.69, 9.17) is 14.2 Å². The van der Waals surface area contributed by atoms with Gasteiger partial charge in [0.2, 0.25) is 0 Å². The Labute approximate surface area is 170 Å². The second-order valence-corrected chi connectivity index (χ2v) is 6.56. The van der Waals surface area contributed by atoms with Gasteiger partial charge in [-0.1, -0.05) is 18.2 Å². The summed E-state index contributed by atoms with van der Waals surface area (Å²) in [7, 11) is 3.26. The maximum absolute atomic E-state index is 12.3. The number of carbonyl (C=O) groups excluding carboxylic acids is 1. The molecule has 0 aliphatic rings. The Morgan fingerprint density at radius 2 is 1.69 bits per heavy atom. The van der Waals surface area contributed by atoms with Crippen LogP contribution in [0, 0.1) is 0 Å². The zero-order chi connectivity index (χ0) is 20.6. The Bertz CT molecular complexity index is 918. The molecule has 7 heteroatoms. The van der Waals surface area contributed by atoms with Gasteiger partial charge in [-0.2, -0.15) is 5.10 Å². The normalized spacial score (nSPS) is 11.6. The molecule has 0 fully saturated rings. The number of nitrogens with zero attached hydrogens (tertiary/aromatic N) is 1. The molecule has 3 aromatic rings. The number of anilines is 1. The van der Waals surface area contributed by atoms with Crippen LogP contribution in [0.1, 0.15) is 18.2 Å². The largest absolute Gasteiger partial charge is 0.497 e. The molecule has 0 saturated heterocycles. The lowest BCUT2D eigenvalue weighted by Gasteiger charge is -2.13. The van der Waals surface area contributed by atoms with Crippen molar-refractivity contribution in [1.29, 1.82) is 0 Å². The summed E-state index contributed by atoms with van der Waals surface area (Å²) in [5.41, 5.74) is 2.00. The number of rotatable bonds is 9. The van der Waals surface area contributed by atoms with Gasteiger partial charge >= 0.3 is 0 Å². The average molecular weight is 395 g/mol. The third kappa shape index (κ3) is 5.75. The van der Waals surface area contributed by atoms with Gasteiger partial charge in [0, 0.05) is 17.8 Å². The molecule has 0 aliphatic heterocycles. The summed E-state index contributed by atoms with van der Waals surface area (Å²) in [6.45, 7) is 1.70. The maximum Gasteiger partial charge on any atom is 0.266 e. The van der Waals surface area contributed by atoms with Gasteiger partial charge in [-0.25, -0.2) is 0 Å². The van der Waals surface area contributed by atoms with Crippen LogP contribution in [0.15, 0.2) is 54.6 Å². The van der Waals surface area contributed by atoms with Gasteiger partial charge in [0.25, 0.3) is 5.91 Å². The fraction of sp³-hybridized carbons (Fsp3) is 0.273. The van der Waals surface area contributed by atoms with Crippen molar-refractivity contribution in [2.24, 2.45) is 0 Å². The van der Waals surface area contributed by atoms with Crippen LogP contribution in [0.2, 0.25) is 0 Å². The number of hydrogen-bond acceptors (Lipinski definition) is 5. The molecular weight excluding hydrogens is 370 g/mol. The van der Waals surface area contributed by atoms with Crippen LogP contribution in [0.3, 0.4) is 0 Å². The predicted molar refractivity (Wildman–Crippen MR) is 111 cm³/mol. The second-order valence-electron chi connectivity index (χ2n) is 6.56.